The molecule has 0 spiro atoms. The average Bonchev–Trinajstić information content (AvgIpc) is 2.65. The summed E-state index contributed by atoms with van der Waals surface area (Å²) in [7, 11) is 1.64. The van der Waals surface area contributed by atoms with Gasteiger partial charge in [-0.1, -0.05) is 71.4 Å². The van der Waals surface area contributed by atoms with E-state index in [-0.39, 0.29) is 6.61 Å². The second kappa shape index (κ2) is 11.8. The number of halogens is 3. The third-order valence-corrected chi connectivity index (χ3v) is 5.74. The molecule has 0 saturated heterocycles. The van der Waals surface area contributed by atoms with Crippen LogP contribution in [0.2, 0.25) is 10.0 Å². The van der Waals surface area contributed by atoms with Gasteiger partial charge < -0.3 is 14.8 Å². The van der Waals surface area contributed by atoms with Crippen molar-refractivity contribution in [1.82, 2.24) is 5.32 Å². The van der Waals surface area contributed by atoms with Gasteiger partial charge in [-0.3, -0.25) is 0 Å². The summed E-state index contributed by atoms with van der Waals surface area (Å²) in [6.45, 7) is 4.29. The fourth-order valence-electron chi connectivity index (χ4n) is 2.71. The first kappa shape index (κ1) is 22.4. The van der Waals surface area contributed by atoms with Crippen LogP contribution in [0.3, 0.4) is 0 Å². The van der Waals surface area contributed by atoms with E-state index in [4.69, 9.17) is 32.7 Å². The molecule has 0 amide bonds. The summed E-state index contributed by atoms with van der Waals surface area (Å²) in [4.78, 5) is 0. The first-order chi connectivity index (χ1) is 13.1. The van der Waals surface area contributed by atoms with Crippen molar-refractivity contribution in [3.8, 4) is 11.5 Å². The van der Waals surface area contributed by atoms with E-state index in [0.717, 1.165) is 28.7 Å². The molecule has 0 bridgehead atoms. The SMILES string of the molecule is CCCCCCNCc1cc(OC)c(OCc2c(Cl)cccc2Cl)cc1Br. The molecule has 0 saturated carbocycles. The van der Waals surface area contributed by atoms with Crippen molar-refractivity contribution in [1.29, 1.82) is 0 Å². The summed E-state index contributed by atoms with van der Waals surface area (Å²) < 4.78 is 12.4. The van der Waals surface area contributed by atoms with Gasteiger partial charge in [0, 0.05) is 26.6 Å². The monoisotopic (exact) mass is 473 g/mol. The standard InChI is InChI=1S/C21H26BrCl2NO2/c1-3-4-5-6-10-25-13-15-11-20(26-2)21(12-17(15)22)27-14-16-18(23)8-7-9-19(16)24/h7-9,11-12,25H,3-6,10,13-14H2,1-2H3. The maximum absolute atomic E-state index is 6.22. The van der Waals surface area contributed by atoms with Crippen molar-refractivity contribution in [2.45, 2.75) is 45.8 Å². The smallest absolute Gasteiger partial charge is 0.162 e. The lowest BCUT2D eigenvalue weighted by Gasteiger charge is -2.15. The molecule has 2 aromatic rings. The van der Waals surface area contributed by atoms with E-state index >= 15 is 0 Å². The minimum Gasteiger partial charge on any atom is -0.493 e. The van der Waals surface area contributed by atoms with Crippen LogP contribution < -0.4 is 14.8 Å². The predicted octanol–water partition coefficient (Wildman–Crippen LogP) is 7.01. The van der Waals surface area contributed by atoms with Crippen LogP contribution in [0.15, 0.2) is 34.8 Å². The van der Waals surface area contributed by atoms with Crippen LogP contribution in [0.5, 0.6) is 11.5 Å². The Labute approximate surface area is 180 Å². The van der Waals surface area contributed by atoms with E-state index < -0.39 is 0 Å². The van der Waals surface area contributed by atoms with Gasteiger partial charge in [0.1, 0.15) is 6.61 Å². The third kappa shape index (κ3) is 6.86. The second-order valence-electron chi connectivity index (χ2n) is 6.32. The van der Waals surface area contributed by atoms with E-state index in [9.17, 15) is 0 Å². The lowest BCUT2D eigenvalue weighted by Crippen LogP contribution is -2.15. The molecule has 0 radical (unpaired) electrons. The number of unbranched alkanes of at least 4 members (excludes halogenated alkanes) is 3. The molecule has 0 aromatic heterocycles. The van der Waals surface area contributed by atoms with Crippen LogP contribution in [0, 0.1) is 0 Å². The first-order valence-corrected chi connectivity index (χ1v) is 10.7. The number of hydrogen-bond acceptors (Lipinski definition) is 3. The molecule has 2 aromatic carbocycles. The largest absolute Gasteiger partial charge is 0.493 e. The summed E-state index contributed by atoms with van der Waals surface area (Å²) in [6, 6.07) is 9.34. The lowest BCUT2D eigenvalue weighted by molar-refractivity contribution is 0.284. The molecule has 0 unspecified atom stereocenters. The maximum Gasteiger partial charge on any atom is 0.162 e. The molecule has 3 nitrogen and oxygen atoms in total. The van der Waals surface area contributed by atoms with Crippen LogP contribution in [0.25, 0.3) is 0 Å². The fourth-order valence-corrected chi connectivity index (χ4v) is 3.67. The van der Waals surface area contributed by atoms with E-state index in [1.807, 2.05) is 18.2 Å². The molecule has 0 heterocycles. The molecule has 0 aliphatic rings. The Morgan fingerprint density at radius 1 is 1.04 bits per heavy atom. The molecule has 0 atom stereocenters. The molecule has 27 heavy (non-hydrogen) atoms. The van der Waals surface area contributed by atoms with Gasteiger partial charge in [-0.05, 0) is 42.8 Å². The minimum absolute atomic E-state index is 0.274. The molecule has 6 heteroatoms. The molecule has 1 N–H and O–H groups in total. The quantitative estimate of drug-likeness (QED) is 0.355. The van der Waals surface area contributed by atoms with Gasteiger partial charge in [-0.15, -0.1) is 0 Å². The topological polar surface area (TPSA) is 30.5 Å². The van der Waals surface area contributed by atoms with Crippen molar-refractivity contribution in [3.63, 3.8) is 0 Å². The van der Waals surface area contributed by atoms with Crippen LogP contribution >= 0.6 is 39.1 Å². The van der Waals surface area contributed by atoms with Crippen LogP contribution in [0.1, 0.15) is 43.7 Å². The molecular formula is C21H26BrCl2NO2. The molecule has 0 aliphatic carbocycles. The fraction of sp³-hybridized carbons (Fsp3) is 0.429. The molecule has 0 aliphatic heterocycles. The van der Waals surface area contributed by atoms with Crippen LogP contribution in [0.4, 0.5) is 0 Å². The highest BCUT2D eigenvalue weighted by molar-refractivity contribution is 9.10. The Bertz CT molecular complexity index is 720. The van der Waals surface area contributed by atoms with Gasteiger partial charge in [0.15, 0.2) is 11.5 Å². The normalized spacial score (nSPS) is 10.9. The van der Waals surface area contributed by atoms with Crippen molar-refractivity contribution in [2.24, 2.45) is 0 Å². The van der Waals surface area contributed by atoms with Crippen molar-refractivity contribution in [2.75, 3.05) is 13.7 Å². The van der Waals surface area contributed by atoms with Crippen LogP contribution in [-0.4, -0.2) is 13.7 Å². The highest BCUT2D eigenvalue weighted by atomic mass is 79.9. The number of ether oxygens (including phenoxy) is 2. The van der Waals surface area contributed by atoms with Crippen molar-refractivity contribution in [3.05, 3.63) is 56.0 Å². The van der Waals surface area contributed by atoms with E-state index in [0.29, 0.717) is 21.5 Å². The Kier molecular flexibility index (Phi) is 9.77. The Hall–Kier alpha value is -0.940. The summed E-state index contributed by atoms with van der Waals surface area (Å²) >= 11 is 16.1. The Morgan fingerprint density at radius 2 is 1.78 bits per heavy atom. The number of rotatable bonds is 11. The van der Waals surface area contributed by atoms with Gasteiger partial charge in [0.2, 0.25) is 0 Å². The van der Waals surface area contributed by atoms with Gasteiger partial charge in [-0.25, -0.2) is 0 Å². The minimum atomic E-state index is 0.274. The third-order valence-electron chi connectivity index (χ3n) is 4.29. The Morgan fingerprint density at radius 3 is 2.44 bits per heavy atom. The summed E-state index contributed by atoms with van der Waals surface area (Å²) in [5.74, 6) is 1.33. The second-order valence-corrected chi connectivity index (χ2v) is 7.99. The molecule has 2 rings (SSSR count). The van der Waals surface area contributed by atoms with Gasteiger partial charge in [-0.2, -0.15) is 0 Å². The number of hydrogen-bond donors (Lipinski definition) is 1. The Balaban J connectivity index is 2.00. The number of nitrogens with one attached hydrogen (secondary N) is 1. The average molecular weight is 475 g/mol. The zero-order valence-electron chi connectivity index (χ0n) is 15.8. The maximum atomic E-state index is 6.22. The first-order valence-electron chi connectivity index (χ1n) is 9.19. The number of benzene rings is 2. The highest BCUT2D eigenvalue weighted by Gasteiger charge is 2.12. The lowest BCUT2D eigenvalue weighted by atomic mass is 10.1. The van der Waals surface area contributed by atoms with Gasteiger partial charge in [0.05, 0.1) is 7.11 Å². The zero-order chi connectivity index (χ0) is 19.6. The van der Waals surface area contributed by atoms with Crippen LogP contribution in [-0.2, 0) is 13.2 Å². The van der Waals surface area contributed by atoms with E-state index in [2.05, 4.69) is 28.2 Å². The highest BCUT2D eigenvalue weighted by Crippen LogP contribution is 2.35. The predicted molar refractivity (Wildman–Crippen MR) is 117 cm³/mol. The van der Waals surface area contributed by atoms with Gasteiger partial charge in [0.25, 0.3) is 0 Å². The molecule has 148 valence electrons. The van der Waals surface area contributed by atoms with E-state index in [1.165, 1.54) is 25.7 Å². The zero-order valence-corrected chi connectivity index (χ0v) is 18.9. The molecular weight excluding hydrogens is 449 g/mol. The molecule has 0 fully saturated rings. The number of methoxy groups -OCH3 is 1. The summed E-state index contributed by atoms with van der Waals surface area (Å²) in [5, 5.41) is 4.66. The van der Waals surface area contributed by atoms with Gasteiger partial charge >= 0.3 is 0 Å². The van der Waals surface area contributed by atoms with Crippen molar-refractivity contribution >= 4 is 39.1 Å². The van der Waals surface area contributed by atoms with E-state index in [1.54, 1.807) is 19.2 Å². The summed E-state index contributed by atoms with van der Waals surface area (Å²) in [6.07, 6.45) is 5.01. The van der Waals surface area contributed by atoms with Crippen molar-refractivity contribution < 1.29 is 9.47 Å². The summed E-state index contributed by atoms with van der Waals surface area (Å²) in [5.41, 5.74) is 1.89.